The van der Waals surface area contributed by atoms with Crippen LogP contribution in [0.15, 0.2) is 254 Å². The highest BCUT2D eigenvalue weighted by molar-refractivity contribution is 6.06. The van der Waals surface area contributed by atoms with E-state index in [9.17, 15) is 0 Å². The Morgan fingerprint density at radius 1 is 0.406 bits per heavy atom. The zero-order valence-electron chi connectivity index (χ0n) is 39.0. The number of hydrogen-bond donors (Lipinski definition) is 0. The highest BCUT2D eigenvalue weighted by Gasteiger charge is 2.47. The number of anilines is 3. The van der Waals surface area contributed by atoms with Gasteiger partial charge in [0.05, 0.1) is 11.1 Å². The summed E-state index contributed by atoms with van der Waals surface area (Å²) in [5.41, 5.74) is 23.7. The molecule has 10 aromatic carbocycles. The van der Waals surface area contributed by atoms with Crippen LogP contribution in [0.25, 0.3) is 66.4 Å². The number of rotatable bonds is 8. The fourth-order valence-electron chi connectivity index (χ4n) is 12.3. The second-order valence-corrected chi connectivity index (χ2v) is 19.5. The molecule has 1 nitrogen and oxygen atoms in total. The minimum atomic E-state index is -0.377. The van der Waals surface area contributed by atoms with Crippen LogP contribution < -0.4 is 4.90 Å². The molecule has 1 unspecified atom stereocenters. The highest BCUT2D eigenvalue weighted by atomic mass is 15.1. The van der Waals surface area contributed by atoms with Gasteiger partial charge in [-0.3, -0.25) is 0 Å². The molecule has 0 aliphatic heterocycles. The maximum absolute atomic E-state index is 2.47. The first kappa shape index (κ1) is 41.0. The SMILES string of the molecule is CC1(C)c2ccccc2-c2cc(-c3cccc(N(c4ccc(-c5cccc6c5-c5ccccc5C6(C5=CC=CCC5)c5ccccc5)cc4)c4ccc5ccccc5c4-c4ccccc4)c3)ccc21. The fraction of sp³-hybridized carbons (Fsp3) is 0.0882. The average Bonchev–Trinajstić information content (AvgIpc) is 3.85. The Hall–Kier alpha value is -8.26. The van der Waals surface area contributed by atoms with Gasteiger partial charge in [-0.05, 0) is 138 Å². The molecule has 0 aromatic heterocycles. The minimum absolute atomic E-state index is 0.0437. The van der Waals surface area contributed by atoms with Gasteiger partial charge in [0.2, 0.25) is 0 Å². The molecular weight excluding hydrogens is 831 g/mol. The van der Waals surface area contributed by atoms with E-state index < -0.39 is 0 Å². The molecule has 0 N–H and O–H groups in total. The minimum Gasteiger partial charge on any atom is -0.310 e. The van der Waals surface area contributed by atoms with Crippen molar-refractivity contribution in [1.82, 2.24) is 0 Å². The van der Waals surface area contributed by atoms with E-state index in [2.05, 4.69) is 267 Å². The molecule has 0 amide bonds. The zero-order valence-corrected chi connectivity index (χ0v) is 39.0. The summed E-state index contributed by atoms with van der Waals surface area (Å²) in [4.78, 5) is 2.47. The molecule has 0 bridgehead atoms. The molecule has 0 saturated heterocycles. The van der Waals surface area contributed by atoms with Gasteiger partial charge in [-0.15, -0.1) is 0 Å². The first-order valence-electron chi connectivity index (χ1n) is 24.5. The summed E-state index contributed by atoms with van der Waals surface area (Å²) in [6, 6.07) is 86.1. The smallest absolute Gasteiger partial charge is 0.0676 e. The van der Waals surface area contributed by atoms with Crippen molar-refractivity contribution in [3.63, 3.8) is 0 Å². The maximum atomic E-state index is 2.47. The second-order valence-electron chi connectivity index (χ2n) is 19.5. The molecule has 0 fully saturated rings. The molecule has 1 heteroatoms. The van der Waals surface area contributed by atoms with Crippen molar-refractivity contribution >= 4 is 27.8 Å². The Bertz CT molecular complexity index is 3680. The molecule has 0 spiro atoms. The van der Waals surface area contributed by atoms with Crippen LogP contribution in [0.2, 0.25) is 0 Å². The lowest BCUT2D eigenvalue weighted by Crippen LogP contribution is -2.30. The van der Waals surface area contributed by atoms with Crippen LogP contribution in [-0.4, -0.2) is 0 Å². The van der Waals surface area contributed by atoms with Crippen molar-refractivity contribution in [1.29, 1.82) is 0 Å². The number of nitrogens with zero attached hydrogens (tertiary/aromatic N) is 1. The van der Waals surface area contributed by atoms with Crippen molar-refractivity contribution < 1.29 is 0 Å². The molecule has 13 rings (SSSR count). The topological polar surface area (TPSA) is 3.24 Å². The van der Waals surface area contributed by atoms with Crippen molar-refractivity contribution in [3.8, 4) is 55.6 Å². The van der Waals surface area contributed by atoms with Crippen molar-refractivity contribution in [3.05, 3.63) is 282 Å². The molecule has 69 heavy (non-hydrogen) atoms. The van der Waals surface area contributed by atoms with Gasteiger partial charge in [0.25, 0.3) is 0 Å². The van der Waals surface area contributed by atoms with Crippen LogP contribution in [0.4, 0.5) is 17.1 Å². The van der Waals surface area contributed by atoms with E-state index in [1.54, 1.807) is 0 Å². The quantitative estimate of drug-likeness (QED) is 0.147. The molecule has 328 valence electrons. The zero-order chi connectivity index (χ0) is 46.1. The van der Waals surface area contributed by atoms with E-state index in [1.807, 2.05) is 0 Å². The van der Waals surface area contributed by atoms with Crippen LogP contribution >= 0.6 is 0 Å². The molecule has 1 atom stereocenters. The third-order valence-corrected chi connectivity index (χ3v) is 15.4. The van der Waals surface area contributed by atoms with E-state index in [-0.39, 0.29) is 10.8 Å². The monoisotopic (exact) mass is 881 g/mol. The number of benzene rings is 10. The second kappa shape index (κ2) is 16.2. The Labute approximate surface area is 406 Å². The normalized spacial score (nSPS) is 16.1. The Kier molecular flexibility index (Phi) is 9.63. The van der Waals surface area contributed by atoms with Crippen molar-refractivity contribution in [2.75, 3.05) is 4.90 Å². The molecule has 0 heterocycles. The fourth-order valence-corrected chi connectivity index (χ4v) is 12.3. The summed E-state index contributed by atoms with van der Waals surface area (Å²) < 4.78 is 0. The third-order valence-electron chi connectivity index (χ3n) is 15.4. The molecule has 0 radical (unpaired) electrons. The van der Waals surface area contributed by atoms with E-state index in [1.165, 1.54) is 99.8 Å². The predicted octanol–water partition coefficient (Wildman–Crippen LogP) is 18.2. The van der Waals surface area contributed by atoms with Gasteiger partial charge in [0, 0.05) is 22.4 Å². The van der Waals surface area contributed by atoms with Gasteiger partial charge >= 0.3 is 0 Å². The first-order chi connectivity index (χ1) is 34.0. The lowest BCUT2D eigenvalue weighted by Gasteiger charge is -2.36. The molecule has 3 aliphatic rings. The number of hydrogen-bond acceptors (Lipinski definition) is 1. The van der Waals surface area contributed by atoms with Crippen LogP contribution in [0.3, 0.4) is 0 Å². The lowest BCUT2D eigenvalue weighted by atomic mass is 9.65. The van der Waals surface area contributed by atoms with Gasteiger partial charge < -0.3 is 4.90 Å². The summed E-state index contributed by atoms with van der Waals surface area (Å²) in [5, 5.41) is 2.44. The predicted molar refractivity (Wildman–Crippen MR) is 291 cm³/mol. The highest BCUT2D eigenvalue weighted by Crippen LogP contribution is 2.60. The van der Waals surface area contributed by atoms with Crippen molar-refractivity contribution in [2.45, 2.75) is 37.5 Å². The van der Waals surface area contributed by atoms with E-state index >= 15 is 0 Å². The summed E-state index contributed by atoms with van der Waals surface area (Å²) in [7, 11) is 0. The van der Waals surface area contributed by atoms with Crippen LogP contribution in [0, 0.1) is 0 Å². The van der Waals surface area contributed by atoms with Crippen LogP contribution in [0.5, 0.6) is 0 Å². The summed E-state index contributed by atoms with van der Waals surface area (Å²) in [6.07, 6.45) is 9.01. The van der Waals surface area contributed by atoms with Gasteiger partial charge in [-0.25, -0.2) is 0 Å². The first-order valence-corrected chi connectivity index (χ1v) is 24.5. The molecular formula is C68H51N. The average molecular weight is 882 g/mol. The Morgan fingerprint density at radius 2 is 1.04 bits per heavy atom. The number of fused-ring (bicyclic) bond motifs is 7. The summed E-state index contributed by atoms with van der Waals surface area (Å²) in [6.45, 7) is 4.70. The lowest BCUT2D eigenvalue weighted by molar-refractivity contribution is 0.660. The van der Waals surface area contributed by atoms with E-state index in [0.29, 0.717) is 0 Å². The standard InChI is InChI=1S/C68H51N/c1-67(2)60-33-16-14-30-57(60)59-45-50(38-42-61(59)67)49-23-18-28-54(44-49)69(64-43-39-46-20-12-13-29-55(46)65(64)48-21-6-3-7-22-48)53-40-36-47(37-41-53)56-32-19-35-63-66(56)58-31-15-17-34-62(58)68(63,51-24-8-4-9-25-51)52-26-10-5-11-27-52/h3-10,12-26,28-45H,11,27H2,1-2H3. The summed E-state index contributed by atoms with van der Waals surface area (Å²) in [5.74, 6) is 0. The number of allylic oxidation sites excluding steroid dienone is 4. The van der Waals surface area contributed by atoms with Crippen LogP contribution in [0.1, 0.15) is 54.5 Å². The van der Waals surface area contributed by atoms with Gasteiger partial charge in [0.1, 0.15) is 0 Å². The third kappa shape index (κ3) is 6.38. The molecule has 3 aliphatic carbocycles. The van der Waals surface area contributed by atoms with E-state index in [0.717, 1.165) is 29.9 Å². The van der Waals surface area contributed by atoms with Crippen molar-refractivity contribution in [2.24, 2.45) is 0 Å². The maximum Gasteiger partial charge on any atom is 0.0676 e. The van der Waals surface area contributed by atoms with Gasteiger partial charge in [0.15, 0.2) is 0 Å². The molecule has 0 saturated carbocycles. The Morgan fingerprint density at radius 3 is 1.86 bits per heavy atom. The van der Waals surface area contributed by atoms with Crippen LogP contribution in [-0.2, 0) is 10.8 Å². The molecule has 10 aromatic rings. The largest absolute Gasteiger partial charge is 0.310 e. The van der Waals surface area contributed by atoms with Gasteiger partial charge in [-0.2, -0.15) is 0 Å². The summed E-state index contributed by atoms with van der Waals surface area (Å²) >= 11 is 0. The van der Waals surface area contributed by atoms with Gasteiger partial charge in [-0.1, -0.05) is 232 Å². The Balaban J connectivity index is 0.987. The van der Waals surface area contributed by atoms with E-state index in [4.69, 9.17) is 0 Å².